The Hall–Kier alpha value is -2.57. The molecule has 1 aliphatic carbocycles. The summed E-state index contributed by atoms with van der Waals surface area (Å²) in [6, 6.07) is 2.09. The van der Waals surface area contributed by atoms with Crippen LogP contribution in [-0.2, 0) is 20.5 Å². The molecule has 0 spiro atoms. The molecular weight excluding hydrogens is 557 g/mol. The molecule has 1 unspecified atom stereocenters. The van der Waals surface area contributed by atoms with Crippen molar-refractivity contribution in [2.24, 2.45) is 5.92 Å². The van der Waals surface area contributed by atoms with Gasteiger partial charge in [0.25, 0.3) is 5.91 Å². The average Bonchev–Trinajstić information content (AvgIpc) is 3.69. The van der Waals surface area contributed by atoms with Crippen LogP contribution in [-0.4, -0.2) is 70.7 Å². The number of nitrogens with one attached hydrogen (secondary N) is 1. The molecule has 2 aromatic heterocycles. The zero-order valence-electron chi connectivity index (χ0n) is 21.7. The summed E-state index contributed by atoms with van der Waals surface area (Å²) in [6.45, 7) is 2.85. The van der Waals surface area contributed by atoms with E-state index in [1.807, 2.05) is 6.92 Å². The van der Waals surface area contributed by atoms with Crippen molar-refractivity contribution in [1.29, 1.82) is 0 Å². The quantitative estimate of drug-likeness (QED) is 0.391. The normalized spacial score (nSPS) is 21.7. The molecule has 4 heterocycles. The fourth-order valence-corrected chi connectivity index (χ4v) is 5.80. The van der Waals surface area contributed by atoms with E-state index in [4.69, 9.17) is 4.74 Å². The maximum absolute atomic E-state index is 12.6. The minimum absolute atomic E-state index is 0.0206. The Morgan fingerprint density at radius 3 is 2.51 bits per heavy atom. The summed E-state index contributed by atoms with van der Waals surface area (Å²) in [4.78, 5) is 43.6. The summed E-state index contributed by atoms with van der Waals surface area (Å²) in [6.07, 6.45) is 7.09. The Labute approximate surface area is 234 Å². The Morgan fingerprint density at radius 1 is 1.18 bits per heavy atom. The summed E-state index contributed by atoms with van der Waals surface area (Å²) in [5.74, 6) is 0.296. The van der Waals surface area contributed by atoms with Gasteiger partial charge in [0, 0.05) is 36.9 Å². The van der Waals surface area contributed by atoms with E-state index in [2.05, 4.69) is 26.9 Å². The molecule has 0 radical (unpaired) electrons. The van der Waals surface area contributed by atoms with Crippen LogP contribution in [0.2, 0.25) is 0 Å². The van der Waals surface area contributed by atoms with Gasteiger partial charge in [-0.25, -0.2) is 4.98 Å². The van der Waals surface area contributed by atoms with Gasteiger partial charge in [0.2, 0.25) is 6.41 Å². The van der Waals surface area contributed by atoms with Crippen LogP contribution >= 0.6 is 22.9 Å². The van der Waals surface area contributed by atoms with Crippen LogP contribution in [0.15, 0.2) is 24.5 Å². The molecule has 0 aromatic carbocycles. The molecule has 2 amide bonds. The van der Waals surface area contributed by atoms with Crippen molar-refractivity contribution in [1.82, 2.24) is 20.2 Å². The van der Waals surface area contributed by atoms with Crippen molar-refractivity contribution in [2.75, 3.05) is 19.5 Å². The van der Waals surface area contributed by atoms with E-state index < -0.39 is 11.9 Å². The fourth-order valence-electron chi connectivity index (χ4n) is 4.99. The van der Waals surface area contributed by atoms with Gasteiger partial charge in [0.15, 0.2) is 10.8 Å². The number of alkyl halides is 4. The van der Waals surface area contributed by atoms with Crippen molar-refractivity contribution in [3.05, 3.63) is 35.2 Å². The first-order chi connectivity index (χ1) is 18.7. The maximum Gasteiger partial charge on any atom is 0.433 e. The molecule has 2 aliphatic heterocycles. The van der Waals surface area contributed by atoms with Gasteiger partial charge in [-0.2, -0.15) is 13.2 Å². The highest BCUT2D eigenvalue weighted by Crippen LogP contribution is 2.31. The third-order valence-electron chi connectivity index (χ3n) is 7.04. The minimum Gasteiger partial charge on any atom is -0.368 e. The standard InChI is InChI=1S/C18H20F3N3OS.C7H9NO3.CH3Cl/c1-11(12-5-3-2-4-6-12)24-16(25)17-23-10-14(26-17)13-7-8-15(22-9-13)18(19,20)21;9-4-8-2-1-6-7(8)5(10)3-11-6;1-2/h7-12H,2-6H2,1H3,(H,24,25);4,6-7H,1-3H2;1H3/t;6-,7-;/m.1./s1. The molecule has 214 valence electrons. The van der Waals surface area contributed by atoms with Gasteiger partial charge in [-0.3, -0.25) is 19.4 Å². The van der Waals surface area contributed by atoms with E-state index >= 15 is 0 Å². The molecule has 2 saturated heterocycles. The summed E-state index contributed by atoms with van der Waals surface area (Å²) >= 11 is 5.79. The zero-order chi connectivity index (χ0) is 28.6. The third kappa shape index (κ3) is 7.98. The lowest BCUT2D eigenvalue weighted by Crippen LogP contribution is -2.38. The predicted octanol–water partition coefficient (Wildman–Crippen LogP) is 4.96. The number of fused-ring (bicyclic) bond motifs is 1. The topological polar surface area (TPSA) is 101 Å². The number of carbonyl (C=O) groups is 3. The highest BCUT2D eigenvalue weighted by atomic mass is 35.5. The molecule has 5 rings (SSSR count). The van der Waals surface area contributed by atoms with E-state index in [0.29, 0.717) is 27.9 Å². The number of ether oxygens (including phenoxy) is 1. The average molecular weight is 589 g/mol. The number of nitrogens with zero attached hydrogens (tertiary/aromatic N) is 3. The molecule has 3 aliphatic rings. The molecule has 39 heavy (non-hydrogen) atoms. The summed E-state index contributed by atoms with van der Waals surface area (Å²) in [7, 11) is 0. The molecular formula is C26H32ClF3N4O4S. The van der Waals surface area contributed by atoms with Crippen molar-refractivity contribution < 1.29 is 32.3 Å². The smallest absolute Gasteiger partial charge is 0.368 e. The van der Waals surface area contributed by atoms with Crippen LogP contribution < -0.4 is 5.32 Å². The van der Waals surface area contributed by atoms with Crippen molar-refractivity contribution >= 4 is 41.0 Å². The second-order valence-electron chi connectivity index (χ2n) is 9.51. The van der Waals surface area contributed by atoms with E-state index in [9.17, 15) is 27.6 Å². The molecule has 2 aromatic rings. The number of ketones is 1. The monoisotopic (exact) mass is 588 g/mol. The number of halogens is 4. The number of carbonyl (C=O) groups excluding carboxylic acids is 3. The molecule has 13 heteroatoms. The number of pyridine rings is 1. The summed E-state index contributed by atoms with van der Waals surface area (Å²) < 4.78 is 42.9. The minimum atomic E-state index is -4.47. The van der Waals surface area contributed by atoms with Crippen molar-refractivity contribution in [3.8, 4) is 10.4 Å². The molecule has 1 N–H and O–H groups in total. The van der Waals surface area contributed by atoms with E-state index in [1.54, 1.807) is 0 Å². The Morgan fingerprint density at radius 2 is 1.90 bits per heavy atom. The van der Waals surface area contributed by atoms with E-state index in [-0.39, 0.29) is 36.5 Å². The highest BCUT2D eigenvalue weighted by Gasteiger charge is 2.44. The highest BCUT2D eigenvalue weighted by molar-refractivity contribution is 7.16. The molecule has 8 nitrogen and oxygen atoms in total. The summed E-state index contributed by atoms with van der Waals surface area (Å²) in [5, 5.41) is 3.31. The molecule has 0 bridgehead atoms. The Kier molecular flexibility index (Phi) is 11.3. The van der Waals surface area contributed by atoms with Crippen molar-refractivity contribution in [2.45, 2.75) is 69.8 Å². The first-order valence-electron chi connectivity index (χ1n) is 12.7. The first-order valence-corrected chi connectivity index (χ1v) is 14.3. The van der Waals surface area contributed by atoms with E-state index in [1.165, 1.54) is 42.8 Å². The van der Waals surface area contributed by atoms with Crippen LogP contribution in [0.1, 0.15) is 60.9 Å². The largest absolute Gasteiger partial charge is 0.433 e. The summed E-state index contributed by atoms with van der Waals surface area (Å²) in [5.41, 5.74) is -0.431. The molecule has 3 atom stereocenters. The van der Waals surface area contributed by atoms with Crippen LogP contribution in [0, 0.1) is 5.92 Å². The van der Waals surface area contributed by atoms with Crippen LogP contribution in [0.4, 0.5) is 13.2 Å². The number of rotatable bonds is 5. The Bertz CT molecular complexity index is 1110. The lowest BCUT2D eigenvalue weighted by atomic mass is 9.84. The van der Waals surface area contributed by atoms with E-state index in [0.717, 1.165) is 49.3 Å². The number of aromatic nitrogens is 2. The van der Waals surface area contributed by atoms with Crippen LogP contribution in [0.3, 0.4) is 0 Å². The Balaban J connectivity index is 0.000000267. The lowest BCUT2D eigenvalue weighted by Gasteiger charge is -2.27. The number of likely N-dealkylation sites (tertiary alicyclic amines) is 1. The lowest BCUT2D eigenvalue weighted by molar-refractivity contribution is -0.141. The van der Waals surface area contributed by atoms with Gasteiger partial charge in [-0.05, 0) is 44.2 Å². The van der Waals surface area contributed by atoms with Crippen LogP contribution in [0.5, 0.6) is 0 Å². The van der Waals surface area contributed by atoms with Gasteiger partial charge >= 0.3 is 6.18 Å². The van der Waals surface area contributed by atoms with Gasteiger partial charge in [0.1, 0.15) is 18.3 Å². The second kappa shape index (κ2) is 14.2. The maximum atomic E-state index is 12.6. The zero-order valence-corrected chi connectivity index (χ0v) is 23.3. The van der Waals surface area contributed by atoms with Gasteiger partial charge < -0.3 is 15.0 Å². The number of hydrogen-bond acceptors (Lipinski definition) is 7. The molecule has 1 saturated carbocycles. The second-order valence-corrected chi connectivity index (χ2v) is 10.5. The number of Topliss-reactive ketones (excluding diaryl/α,β-unsaturated/α-hetero) is 1. The molecule has 3 fully saturated rings. The number of hydrogen-bond donors (Lipinski definition) is 1. The van der Waals surface area contributed by atoms with Gasteiger partial charge in [0.05, 0.1) is 11.0 Å². The van der Waals surface area contributed by atoms with Gasteiger partial charge in [-0.15, -0.1) is 22.9 Å². The van der Waals surface area contributed by atoms with Crippen molar-refractivity contribution in [3.63, 3.8) is 0 Å². The third-order valence-corrected chi connectivity index (χ3v) is 8.09. The van der Waals surface area contributed by atoms with Crippen LogP contribution in [0.25, 0.3) is 10.4 Å². The predicted molar refractivity (Wildman–Crippen MR) is 142 cm³/mol. The SMILES string of the molecule is CC(NC(=O)c1ncc(-c2ccc(C(F)(F)F)nc2)s1)C1CCCCC1.CCl.O=CN1CC[C@H]2OCC(=O)[C@H]21. The fraction of sp³-hybridized carbons (Fsp3) is 0.577. The first kappa shape index (κ1) is 31.0. The number of amides is 2. The number of thiazole rings is 1. The van der Waals surface area contributed by atoms with Gasteiger partial charge in [-0.1, -0.05) is 19.3 Å².